The molecule has 4 nitrogen and oxygen atoms in total. The number of hydrogen-bond acceptors (Lipinski definition) is 3. The van der Waals surface area contributed by atoms with Crippen LogP contribution in [0.1, 0.15) is 35.0 Å². The van der Waals surface area contributed by atoms with E-state index < -0.39 is 0 Å². The van der Waals surface area contributed by atoms with Gasteiger partial charge in [-0.05, 0) is 56.3 Å². The normalized spacial score (nSPS) is 16.4. The Morgan fingerprint density at radius 1 is 1.26 bits per heavy atom. The van der Waals surface area contributed by atoms with Gasteiger partial charge in [-0.25, -0.2) is 0 Å². The third-order valence-corrected chi connectivity index (χ3v) is 4.63. The third kappa shape index (κ3) is 3.89. The first kappa shape index (κ1) is 16.4. The second-order valence-corrected chi connectivity index (χ2v) is 6.45. The van der Waals surface area contributed by atoms with Gasteiger partial charge in [0.1, 0.15) is 5.76 Å². The van der Waals surface area contributed by atoms with Gasteiger partial charge in [-0.15, -0.1) is 0 Å². The molecule has 2 heterocycles. The zero-order valence-electron chi connectivity index (χ0n) is 12.6. The highest BCUT2D eigenvalue weighted by atomic mass is 35.5. The van der Waals surface area contributed by atoms with Crippen LogP contribution in [0.5, 0.6) is 0 Å². The molecule has 1 aliphatic rings. The van der Waals surface area contributed by atoms with Crippen molar-refractivity contribution in [1.82, 2.24) is 10.2 Å². The molecule has 1 N–H and O–H groups in total. The van der Waals surface area contributed by atoms with Gasteiger partial charge >= 0.3 is 0 Å². The van der Waals surface area contributed by atoms with Crippen LogP contribution >= 0.6 is 23.2 Å². The van der Waals surface area contributed by atoms with Crippen LogP contribution in [-0.4, -0.2) is 30.4 Å². The molecular weight excluding hydrogens is 335 g/mol. The standard InChI is InChI=1S/C17H18Cl2N2O2/c18-12-5-6-13(14(19)10-12)17(22)20-11-15(16-4-3-9-23-16)21-7-1-2-8-21/h3-6,9-10,15H,1-2,7-8,11H2,(H,20,22)/t15-/m0/s1. The molecule has 1 aromatic heterocycles. The average molecular weight is 353 g/mol. The monoisotopic (exact) mass is 352 g/mol. The Hall–Kier alpha value is -1.49. The zero-order chi connectivity index (χ0) is 16.2. The van der Waals surface area contributed by atoms with Gasteiger partial charge in [0.2, 0.25) is 0 Å². The maximum atomic E-state index is 12.4. The largest absolute Gasteiger partial charge is 0.468 e. The minimum atomic E-state index is -0.206. The topological polar surface area (TPSA) is 45.5 Å². The van der Waals surface area contributed by atoms with Crippen molar-refractivity contribution in [3.8, 4) is 0 Å². The fourth-order valence-electron chi connectivity index (χ4n) is 2.90. The molecule has 0 spiro atoms. The molecule has 6 heteroatoms. The molecule has 0 saturated carbocycles. The highest BCUT2D eigenvalue weighted by molar-refractivity contribution is 6.36. The molecule has 1 atom stereocenters. The maximum absolute atomic E-state index is 12.4. The minimum absolute atomic E-state index is 0.0440. The Bertz CT molecular complexity index is 667. The molecule has 122 valence electrons. The van der Waals surface area contributed by atoms with Gasteiger partial charge in [-0.1, -0.05) is 23.2 Å². The molecule has 23 heavy (non-hydrogen) atoms. The van der Waals surface area contributed by atoms with Gasteiger partial charge in [0, 0.05) is 11.6 Å². The predicted molar refractivity (Wildman–Crippen MR) is 91.1 cm³/mol. The number of amides is 1. The van der Waals surface area contributed by atoms with Crippen molar-refractivity contribution in [3.63, 3.8) is 0 Å². The maximum Gasteiger partial charge on any atom is 0.252 e. The van der Waals surface area contributed by atoms with Crippen LogP contribution in [0.3, 0.4) is 0 Å². The summed E-state index contributed by atoms with van der Waals surface area (Å²) in [5.74, 6) is 0.664. The van der Waals surface area contributed by atoms with Crippen molar-refractivity contribution in [2.45, 2.75) is 18.9 Å². The summed E-state index contributed by atoms with van der Waals surface area (Å²) in [5, 5.41) is 3.82. The molecule has 3 rings (SSSR count). The number of carbonyl (C=O) groups excluding carboxylic acids is 1. The summed E-state index contributed by atoms with van der Waals surface area (Å²) in [4.78, 5) is 14.7. The van der Waals surface area contributed by atoms with E-state index in [9.17, 15) is 4.79 Å². The fourth-order valence-corrected chi connectivity index (χ4v) is 3.40. The Morgan fingerprint density at radius 2 is 2.04 bits per heavy atom. The highest BCUT2D eigenvalue weighted by Crippen LogP contribution is 2.25. The summed E-state index contributed by atoms with van der Waals surface area (Å²) in [6, 6.07) is 8.73. The number of carbonyl (C=O) groups is 1. The molecule has 0 radical (unpaired) electrons. The zero-order valence-corrected chi connectivity index (χ0v) is 14.1. The fraction of sp³-hybridized carbons (Fsp3) is 0.353. The number of rotatable bonds is 5. The number of likely N-dealkylation sites (tertiary alicyclic amines) is 1. The van der Waals surface area contributed by atoms with Crippen molar-refractivity contribution < 1.29 is 9.21 Å². The molecule has 1 aliphatic heterocycles. The summed E-state index contributed by atoms with van der Waals surface area (Å²) in [5.41, 5.74) is 0.427. The molecule has 1 amide bonds. The lowest BCUT2D eigenvalue weighted by atomic mass is 10.1. The number of benzene rings is 1. The van der Waals surface area contributed by atoms with Gasteiger partial charge < -0.3 is 9.73 Å². The van der Waals surface area contributed by atoms with E-state index in [1.807, 2.05) is 12.1 Å². The highest BCUT2D eigenvalue weighted by Gasteiger charge is 2.26. The van der Waals surface area contributed by atoms with E-state index >= 15 is 0 Å². The Morgan fingerprint density at radius 3 is 2.70 bits per heavy atom. The summed E-state index contributed by atoms with van der Waals surface area (Å²) >= 11 is 12.0. The Kier molecular flexibility index (Phi) is 5.26. The lowest BCUT2D eigenvalue weighted by Crippen LogP contribution is -2.36. The van der Waals surface area contributed by atoms with Crippen LogP contribution < -0.4 is 5.32 Å². The molecule has 0 bridgehead atoms. The van der Waals surface area contributed by atoms with E-state index in [0.29, 0.717) is 22.2 Å². The first-order valence-corrected chi connectivity index (χ1v) is 8.41. The first-order chi connectivity index (χ1) is 11.1. The molecule has 2 aromatic rings. The minimum Gasteiger partial charge on any atom is -0.468 e. The Balaban J connectivity index is 1.69. The van der Waals surface area contributed by atoms with Crippen molar-refractivity contribution in [2.24, 2.45) is 0 Å². The Labute approximate surface area is 145 Å². The second-order valence-electron chi connectivity index (χ2n) is 5.61. The van der Waals surface area contributed by atoms with Crippen LogP contribution in [0.4, 0.5) is 0 Å². The summed E-state index contributed by atoms with van der Waals surface area (Å²) < 4.78 is 5.55. The quantitative estimate of drug-likeness (QED) is 0.878. The summed E-state index contributed by atoms with van der Waals surface area (Å²) in [7, 11) is 0. The molecule has 1 saturated heterocycles. The van der Waals surface area contributed by atoms with Crippen molar-refractivity contribution in [1.29, 1.82) is 0 Å². The van der Waals surface area contributed by atoms with Gasteiger partial charge in [0.05, 0.1) is 22.9 Å². The van der Waals surface area contributed by atoms with Crippen molar-refractivity contribution >= 4 is 29.1 Å². The number of furan rings is 1. The third-order valence-electron chi connectivity index (χ3n) is 4.08. The van der Waals surface area contributed by atoms with Crippen LogP contribution in [0, 0.1) is 0 Å². The molecule has 1 fully saturated rings. The molecule has 1 aromatic carbocycles. The van der Waals surface area contributed by atoms with Crippen LogP contribution in [-0.2, 0) is 0 Å². The van der Waals surface area contributed by atoms with E-state index in [-0.39, 0.29) is 11.9 Å². The average Bonchev–Trinajstić information content (AvgIpc) is 3.21. The van der Waals surface area contributed by atoms with Crippen LogP contribution in [0.25, 0.3) is 0 Å². The van der Waals surface area contributed by atoms with E-state index in [2.05, 4.69) is 10.2 Å². The molecule has 0 unspecified atom stereocenters. The van der Waals surface area contributed by atoms with Crippen molar-refractivity contribution in [2.75, 3.05) is 19.6 Å². The van der Waals surface area contributed by atoms with E-state index in [0.717, 1.165) is 18.8 Å². The SMILES string of the molecule is O=C(NC[C@@H](c1ccco1)N1CCCC1)c1ccc(Cl)cc1Cl. The van der Waals surface area contributed by atoms with Crippen LogP contribution in [0.2, 0.25) is 10.0 Å². The number of hydrogen-bond donors (Lipinski definition) is 1. The molecule has 0 aliphatic carbocycles. The second kappa shape index (κ2) is 7.39. The predicted octanol–water partition coefficient (Wildman–Crippen LogP) is 4.15. The lowest BCUT2D eigenvalue weighted by molar-refractivity contribution is 0.0934. The van der Waals surface area contributed by atoms with Gasteiger partial charge in [0.25, 0.3) is 5.91 Å². The summed E-state index contributed by atoms with van der Waals surface area (Å²) in [6.45, 7) is 2.51. The first-order valence-electron chi connectivity index (χ1n) is 7.66. The summed E-state index contributed by atoms with van der Waals surface area (Å²) in [6.07, 6.45) is 4.01. The van der Waals surface area contributed by atoms with Crippen molar-refractivity contribution in [3.05, 3.63) is 58.0 Å². The lowest BCUT2D eigenvalue weighted by Gasteiger charge is -2.26. The number of nitrogens with one attached hydrogen (secondary N) is 1. The van der Waals surface area contributed by atoms with E-state index in [1.54, 1.807) is 24.5 Å². The smallest absolute Gasteiger partial charge is 0.252 e. The van der Waals surface area contributed by atoms with E-state index in [1.165, 1.54) is 12.8 Å². The van der Waals surface area contributed by atoms with Gasteiger partial charge in [-0.2, -0.15) is 0 Å². The van der Waals surface area contributed by atoms with Crippen LogP contribution in [0.15, 0.2) is 41.0 Å². The molecular formula is C17H18Cl2N2O2. The van der Waals surface area contributed by atoms with Gasteiger partial charge in [0.15, 0.2) is 0 Å². The number of halogens is 2. The van der Waals surface area contributed by atoms with Gasteiger partial charge in [-0.3, -0.25) is 9.69 Å². The van der Waals surface area contributed by atoms with E-state index in [4.69, 9.17) is 27.6 Å². The number of nitrogens with zero attached hydrogens (tertiary/aromatic N) is 1.